The van der Waals surface area contributed by atoms with Gasteiger partial charge in [0.05, 0.1) is 0 Å². The van der Waals surface area contributed by atoms with E-state index in [0.29, 0.717) is 13.0 Å². The summed E-state index contributed by atoms with van der Waals surface area (Å²) in [5, 5.41) is 8.98. The highest BCUT2D eigenvalue weighted by molar-refractivity contribution is 9.10. The van der Waals surface area contributed by atoms with E-state index in [9.17, 15) is 4.79 Å². The van der Waals surface area contributed by atoms with Gasteiger partial charge in [0.25, 0.3) is 0 Å². The van der Waals surface area contributed by atoms with Gasteiger partial charge in [0.1, 0.15) is 5.82 Å². The summed E-state index contributed by atoms with van der Waals surface area (Å²) in [7, 11) is 0. The fourth-order valence-electron chi connectivity index (χ4n) is 2.52. The number of fused-ring (bicyclic) bond motifs is 1. The number of carbonyl (C=O) groups is 1. The van der Waals surface area contributed by atoms with Gasteiger partial charge >= 0.3 is 6.03 Å². The molecule has 0 spiro atoms. The molecule has 0 fully saturated rings. The topological polar surface area (TPSA) is 66.0 Å². The van der Waals surface area contributed by atoms with Crippen LogP contribution >= 0.6 is 15.9 Å². The normalized spacial score (nSPS) is 12.9. The molecule has 0 aliphatic carbocycles. The van der Waals surface area contributed by atoms with Gasteiger partial charge in [-0.2, -0.15) is 0 Å². The Labute approximate surface area is 144 Å². The van der Waals surface area contributed by atoms with Crippen molar-refractivity contribution < 1.29 is 4.79 Å². The molecule has 1 aliphatic rings. The van der Waals surface area contributed by atoms with E-state index in [2.05, 4.69) is 42.9 Å². The SMILES string of the molecule is O=C(NCCc1ccc2c(n1)NCCC2)Nc1ccc(Br)cc1. The van der Waals surface area contributed by atoms with Crippen LogP contribution in [-0.4, -0.2) is 24.1 Å². The number of hydrogen-bond acceptors (Lipinski definition) is 3. The van der Waals surface area contributed by atoms with Crippen molar-refractivity contribution >= 4 is 33.5 Å². The molecule has 0 bridgehead atoms. The van der Waals surface area contributed by atoms with E-state index in [1.807, 2.05) is 30.3 Å². The number of nitrogens with zero attached hydrogens (tertiary/aromatic N) is 1. The Hall–Kier alpha value is -2.08. The Balaban J connectivity index is 1.47. The molecule has 0 saturated heterocycles. The summed E-state index contributed by atoms with van der Waals surface area (Å²) in [5.74, 6) is 0.994. The summed E-state index contributed by atoms with van der Waals surface area (Å²) < 4.78 is 0.982. The Kier molecular flexibility index (Phi) is 5.12. The fraction of sp³-hybridized carbons (Fsp3) is 0.294. The summed E-state index contributed by atoms with van der Waals surface area (Å²) in [6, 6.07) is 11.4. The summed E-state index contributed by atoms with van der Waals surface area (Å²) in [6.07, 6.45) is 2.96. The molecule has 5 nitrogen and oxygen atoms in total. The van der Waals surface area contributed by atoms with Crippen LogP contribution < -0.4 is 16.0 Å². The summed E-state index contributed by atoms with van der Waals surface area (Å²) >= 11 is 3.37. The number of benzene rings is 1. The van der Waals surface area contributed by atoms with Crippen LogP contribution in [0.5, 0.6) is 0 Å². The molecule has 3 N–H and O–H groups in total. The first-order valence-electron chi connectivity index (χ1n) is 7.74. The molecule has 3 rings (SSSR count). The summed E-state index contributed by atoms with van der Waals surface area (Å²) in [5.41, 5.74) is 3.03. The standard InChI is InChI=1S/C17H19BrN4O/c18-13-4-7-14(8-5-13)22-17(23)20-11-9-15-6-3-12-2-1-10-19-16(12)21-15/h3-8H,1-2,9-11H2,(H,19,21)(H2,20,22,23). The first-order valence-corrected chi connectivity index (χ1v) is 8.53. The lowest BCUT2D eigenvalue weighted by Gasteiger charge is -2.17. The number of halogens is 1. The van der Waals surface area contributed by atoms with Crippen LogP contribution in [0.1, 0.15) is 17.7 Å². The van der Waals surface area contributed by atoms with Crippen molar-refractivity contribution in [2.24, 2.45) is 0 Å². The molecule has 120 valence electrons. The maximum absolute atomic E-state index is 11.9. The first kappa shape index (κ1) is 15.8. The number of aromatic nitrogens is 1. The molecule has 6 heteroatoms. The highest BCUT2D eigenvalue weighted by atomic mass is 79.9. The van der Waals surface area contributed by atoms with Crippen LogP contribution in [0.15, 0.2) is 40.9 Å². The average molecular weight is 375 g/mol. The number of pyridine rings is 1. The van der Waals surface area contributed by atoms with E-state index in [1.54, 1.807) is 0 Å². The van der Waals surface area contributed by atoms with Gasteiger partial charge in [-0.15, -0.1) is 0 Å². The molecule has 0 atom stereocenters. The minimum absolute atomic E-state index is 0.205. The maximum atomic E-state index is 11.9. The first-order chi connectivity index (χ1) is 11.2. The Morgan fingerprint density at radius 2 is 2.04 bits per heavy atom. The van der Waals surface area contributed by atoms with E-state index < -0.39 is 0 Å². The lowest BCUT2D eigenvalue weighted by Crippen LogP contribution is -2.30. The number of anilines is 2. The molecule has 2 aromatic rings. The number of amides is 2. The van der Waals surface area contributed by atoms with Crippen LogP contribution in [0.3, 0.4) is 0 Å². The molecule has 1 aromatic carbocycles. The van der Waals surface area contributed by atoms with E-state index in [-0.39, 0.29) is 6.03 Å². The Morgan fingerprint density at radius 3 is 2.87 bits per heavy atom. The molecule has 0 radical (unpaired) electrons. The highest BCUT2D eigenvalue weighted by Crippen LogP contribution is 2.19. The van der Waals surface area contributed by atoms with Crippen molar-refractivity contribution in [1.29, 1.82) is 0 Å². The maximum Gasteiger partial charge on any atom is 0.319 e. The number of carbonyl (C=O) groups excluding carboxylic acids is 1. The van der Waals surface area contributed by atoms with Gasteiger partial charge in [-0.3, -0.25) is 0 Å². The molecule has 2 amide bonds. The van der Waals surface area contributed by atoms with Crippen molar-refractivity contribution in [2.45, 2.75) is 19.3 Å². The number of hydrogen-bond donors (Lipinski definition) is 3. The van der Waals surface area contributed by atoms with Gasteiger partial charge in [0.2, 0.25) is 0 Å². The van der Waals surface area contributed by atoms with Gasteiger partial charge in [-0.1, -0.05) is 22.0 Å². The molecule has 1 aliphatic heterocycles. The van der Waals surface area contributed by atoms with Crippen LogP contribution in [0.25, 0.3) is 0 Å². The second kappa shape index (κ2) is 7.46. The van der Waals surface area contributed by atoms with Crippen molar-refractivity contribution in [3.05, 3.63) is 52.1 Å². The van der Waals surface area contributed by atoms with Gasteiger partial charge < -0.3 is 16.0 Å². The second-order valence-electron chi connectivity index (χ2n) is 5.48. The van der Waals surface area contributed by atoms with Crippen molar-refractivity contribution in [3.63, 3.8) is 0 Å². The zero-order chi connectivity index (χ0) is 16.1. The predicted molar refractivity (Wildman–Crippen MR) is 95.9 cm³/mol. The minimum Gasteiger partial charge on any atom is -0.370 e. The average Bonchev–Trinajstić information content (AvgIpc) is 2.57. The Morgan fingerprint density at radius 1 is 1.22 bits per heavy atom. The minimum atomic E-state index is -0.205. The van der Waals surface area contributed by atoms with Crippen molar-refractivity contribution in [3.8, 4) is 0 Å². The fourth-order valence-corrected chi connectivity index (χ4v) is 2.79. The van der Waals surface area contributed by atoms with Crippen molar-refractivity contribution in [1.82, 2.24) is 10.3 Å². The third-order valence-corrected chi connectivity index (χ3v) is 4.25. The molecular weight excluding hydrogens is 356 g/mol. The quantitative estimate of drug-likeness (QED) is 0.766. The number of rotatable bonds is 4. The van der Waals surface area contributed by atoms with Gasteiger partial charge in [-0.25, -0.2) is 9.78 Å². The van der Waals surface area contributed by atoms with Gasteiger partial charge in [0, 0.05) is 35.4 Å². The lowest BCUT2D eigenvalue weighted by atomic mass is 10.1. The van der Waals surface area contributed by atoms with Crippen molar-refractivity contribution in [2.75, 3.05) is 23.7 Å². The van der Waals surface area contributed by atoms with Crippen LogP contribution in [0.2, 0.25) is 0 Å². The molecular formula is C17H19BrN4O. The molecule has 2 heterocycles. The molecule has 0 unspecified atom stereocenters. The van der Waals surface area contributed by atoms with E-state index in [0.717, 1.165) is 41.1 Å². The summed E-state index contributed by atoms with van der Waals surface area (Å²) in [6.45, 7) is 1.53. The third-order valence-electron chi connectivity index (χ3n) is 3.72. The van der Waals surface area contributed by atoms with E-state index in [4.69, 9.17) is 0 Å². The highest BCUT2D eigenvalue weighted by Gasteiger charge is 2.10. The smallest absolute Gasteiger partial charge is 0.319 e. The predicted octanol–water partition coefficient (Wildman–Crippen LogP) is 3.57. The zero-order valence-electron chi connectivity index (χ0n) is 12.7. The monoisotopic (exact) mass is 374 g/mol. The van der Waals surface area contributed by atoms with Crippen LogP contribution in [-0.2, 0) is 12.8 Å². The third kappa shape index (κ3) is 4.45. The molecule has 1 aromatic heterocycles. The largest absolute Gasteiger partial charge is 0.370 e. The van der Waals surface area contributed by atoms with Gasteiger partial charge in [0.15, 0.2) is 0 Å². The zero-order valence-corrected chi connectivity index (χ0v) is 14.3. The summed E-state index contributed by atoms with van der Waals surface area (Å²) in [4.78, 5) is 16.5. The van der Waals surface area contributed by atoms with E-state index >= 15 is 0 Å². The number of urea groups is 1. The lowest BCUT2D eigenvalue weighted by molar-refractivity contribution is 0.252. The Bertz CT molecular complexity index is 687. The molecule has 23 heavy (non-hydrogen) atoms. The van der Waals surface area contributed by atoms with E-state index in [1.165, 1.54) is 5.56 Å². The molecule has 0 saturated carbocycles. The van der Waals surface area contributed by atoms with Crippen LogP contribution in [0, 0.1) is 0 Å². The van der Waals surface area contributed by atoms with Gasteiger partial charge in [-0.05, 0) is 48.7 Å². The number of aryl methyl sites for hydroxylation is 1. The number of nitrogens with one attached hydrogen (secondary N) is 3. The van der Waals surface area contributed by atoms with Crippen LogP contribution in [0.4, 0.5) is 16.3 Å². The second-order valence-corrected chi connectivity index (χ2v) is 6.39.